The number of carbonyl (C=O) groups excluding carboxylic acids is 2. The molecule has 0 bridgehead atoms. The largest absolute Gasteiger partial charge is 1.00 e. The Morgan fingerprint density at radius 3 is 2.63 bits per heavy atom. The monoisotopic (exact) mass is 534 g/mol. The van der Waals surface area contributed by atoms with Crippen LogP contribution in [0.4, 0.5) is 5.69 Å². The van der Waals surface area contributed by atoms with E-state index >= 15 is 0 Å². The molecule has 0 saturated carbocycles. The van der Waals surface area contributed by atoms with Crippen molar-refractivity contribution in [3.8, 4) is 0 Å². The summed E-state index contributed by atoms with van der Waals surface area (Å²) >= 11 is 8.29. The van der Waals surface area contributed by atoms with Gasteiger partial charge in [-0.25, -0.2) is 0 Å². The Bertz CT molecular complexity index is 1170. The molecule has 0 radical (unpaired) electrons. The van der Waals surface area contributed by atoms with Gasteiger partial charge in [-0.3, -0.25) is 9.69 Å². The Morgan fingerprint density at radius 1 is 1.17 bits per heavy atom. The van der Waals surface area contributed by atoms with Gasteiger partial charge in [0.25, 0.3) is 5.91 Å². The van der Waals surface area contributed by atoms with Crippen LogP contribution in [0.15, 0.2) is 74.5 Å². The van der Waals surface area contributed by atoms with Gasteiger partial charge in [0.2, 0.25) is 0 Å². The summed E-state index contributed by atoms with van der Waals surface area (Å²) in [6, 6.07) is 8.49. The summed E-state index contributed by atoms with van der Waals surface area (Å²) in [5.41, 5.74) is 3.78. The van der Waals surface area contributed by atoms with E-state index in [1.165, 1.54) is 37.8 Å². The van der Waals surface area contributed by atoms with Crippen molar-refractivity contribution in [1.29, 1.82) is 0 Å². The summed E-state index contributed by atoms with van der Waals surface area (Å²) < 4.78 is 0.387. The van der Waals surface area contributed by atoms with E-state index < -0.39 is 5.97 Å². The summed E-state index contributed by atoms with van der Waals surface area (Å²) in [6.45, 7) is 7.65. The number of thiocarbonyl (C=S) groups is 1. The number of benzene rings is 1. The Morgan fingerprint density at radius 2 is 1.91 bits per heavy atom. The molecule has 2 aliphatic heterocycles. The van der Waals surface area contributed by atoms with Gasteiger partial charge >= 0.3 is 29.6 Å². The van der Waals surface area contributed by atoms with Crippen molar-refractivity contribution in [2.24, 2.45) is 5.41 Å². The van der Waals surface area contributed by atoms with Crippen LogP contribution >= 0.6 is 35.7 Å². The van der Waals surface area contributed by atoms with E-state index in [1.54, 1.807) is 11.8 Å². The molecule has 178 valence electrons. The number of amides is 1. The van der Waals surface area contributed by atoms with Gasteiger partial charge < -0.3 is 14.8 Å². The minimum absolute atomic E-state index is 0. The summed E-state index contributed by atoms with van der Waals surface area (Å²) in [6.07, 6.45) is 9.99. The Balaban J connectivity index is 0.00000342. The molecule has 2 heterocycles. The normalized spacial score (nSPS) is 22.6. The number of nitrogens with zero attached hydrogens (tertiary/aromatic N) is 2. The predicted octanol–water partition coefficient (Wildman–Crippen LogP) is 2.02. The van der Waals surface area contributed by atoms with Crippen LogP contribution in [0.5, 0.6) is 0 Å². The SMILES string of the molecule is CCN1/C(=C/C2=CC(=C/C=C3/SC(=S)N(CCC(=O)[O-])C3=O)/CC(C)(C)C2)Sc2ccccc21.[Na+]. The average Bonchev–Trinajstić information content (AvgIpc) is 3.25. The van der Waals surface area contributed by atoms with Gasteiger partial charge in [0.05, 0.1) is 15.6 Å². The van der Waals surface area contributed by atoms with Crippen LogP contribution in [0.3, 0.4) is 0 Å². The van der Waals surface area contributed by atoms with Crippen molar-refractivity contribution < 1.29 is 44.3 Å². The van der Waals surface area contributed by atoms with Crippen LogP contribution in [0.25, 0.3) is 0 Å². The predicted molar refractivity (Wildman–Crippen MR) is 142 cm³/mol. The van der Waals surface area contributed by atoms with Gasteiger partial charge in [0.1, 0.15) is 4.32 Å². The molecule has 1 aromatic rings. The van der Waals surface area contributed by atoms with Gasteiger partial charge in [-0.15, -0.1) is 0 Å². The molecule has 1 amide bonds. The second-order valence-corrected chi connectivity index (χ2v) is 12.0. The second-order valence-electron chi connectivity index (χ2n) is 9.25. The molecule has 3 aliphatic rings. The van der Waals surface area contributed by atoms with E-state index in [2.05, 4.69) is 62.1 Å². The van der Waals surface area contributed by atoms with Crippen LogP contribution in [-0.4, -0.2) is 34.2 Å². The number of hydrogen-bond donors (Lipinski definition) is 0. The fourth-order valence-electron chi connectivity index (χ4n) is 4.45. The topological polar surface area (TPSA) is 63.7 Å². The van der Waals surface area contributed by atoms with Crippen molar-refractivity contribution >= 4 is 57.6 Å². The van der Waals surface area contributed by atoms with Crippen LogP contribution < -0.4 is 39.6 Å². The number of rotatable bonds is 6. The Labute approximate surface area is 243 Å². The molecule has 0 unspecified atom stereocenters. The quantitative estimate of drug-likeness (QED) is 0.314. The van der Waals surface area contributed by atoms with Crippen LogP contribution in [0, 0.1) is 5.41 Å². The summed E-state index contributed by atoms with van der Waals surface area (Å²) in [7, 11) is 0. The molecule has 4 rings (SSSR count). The minimum Gasteiger partial charge on any atom is -0.550 e. The zero-order valence-corrected chi connectivity index (χ0v) is 24.9. The molecule has 35 heavy (non-hydrogen) atoms. The number of allylic oxidation sites excluding steroid dienone is 6. The average molecular weight is 535 g/mol. The second kappa shape index (κ2) is 11.8. The van der Waals surface area contributed by atoms with Gasteiger partial charge in [0.15, 0.2) is 0 Å². The standard InChI is InChI=1S/C26H28N2O3S3.Na/c1-4-27-19-7-5-6-8-20(19)33-22(27)14-18-13-17(15-26(2,3)16-18)9-10-21-24(31)28(25(32)34-21)12-11-23(29)30;/h5-10,13-14H,4,11-12,15-16H2,1-3H3,(H,29,30);/q;+1/p-1/b17-9-,21-10+,22-14-;. The zero-order chi connectivity index (χ0) is 24.5. The number of carboxylic acid groups (broad SMARTS) is 1. The smallest absolute Gasteiger partial charge is 0.550 e. The molecule has 9 heteroatoms. The third-order valence-electron chi connectivity index (χ3n) is 5.86. The maximum absolute atomic E-state index is 12.7. The molecule has 0 N–H and O–H groups in total. The van der Waals surface area contributed by atoms with Crippen molar-refractivity contribution in [3.63, 3.8) is 0 Å². The van der Waals surface area contributed by atoms with Gasteiger partial charge in [0, 0.05) is 30.4 Å². The van der Waals surface area contributed by atoms with E-state index in [4.69, 9.17) is 12.2 Å². The number of para-hydroxylation sites is 1. The fraction of sp³-hybridized carbons (Fsp3) is 0.346. The summed E-state index contributed by atoms with van der Waals surface area (Å²) in [5, 5.41) is 12.0. The van der Waals surface area contributed by atoms with E-state index in [1.807, 2.05) is 12.2 Å². The Kier molecular flexibility index (Phi) is 9.57. The number of fused-ring (bicyclic) bond motifs is 1. The summed E-state index contributed by atoms with van der Waals surface area (Å²) in [5.74, 6) is -1.44. The maximum Gasteiger partial charge on any atom is 1.00 e. The summed E-state index contributed by atoms with van der Waals surface area (Å²) in [4.78, 5) is 28.9. The number of thioether (sulfide) groups is 2. The number of carbonyl (C=O) groups is 2. The number of anilines is 1. The van der Waals surface area contributed by atoms with Crippen molar-refractivity contribution in [3.05, 3.63) is 69.6 Å². The molecule has 1 saturated heterocycles. The maximum atomic E-state index is 12.7. The molecule has 1 aliphatic carbocycles. The third kappa shape index (κ3) is 6.73. The minimum atomic E-state index is -1.19. The molecule has 0 atom stereocenters. The van der Waals surface area contributed by atoms with Gasteiger partial charge in [-0.1, -0.05) is 73.9 Å². The van der Waals surface area contributed by atoms with E-state index in [0.717, 1.165) is 25.0 Å². The molecule has 0 aromatic heterocycles. The molecular formula is C26H27N2NaO3S3. The number of aliphatic carboxylic acids is 1. The van der Waals surface area contributed by atoms with Gasteiger partial charge in [-0.2, -0.15) is 0 Å². The van der Waals surface area contributed by atoms with Crippen LogP contribution in [0.1, 0.15) is 40.0 Å². The van der Waals surface area contributed by atoms with Crippen LogP contribution in [0.2, 0.25) is 0 Å². The van der Waals surface area contributed by atoms with Crippen molar-refractivity contribution in [2.45, 2.75) is 44.9 Å². The van der Waals surface area contributed by atoms with Gasteiger partial charge in [-0.05, 0) is 60.6 Å². The third-order valence-corrected chi connectivity index (χ3v) is 8.37. The Hall–Kier alpha value is -1.29. The zero-order valence-electron chi connectivity index (χ0n) is 20.5. The van der Waals surface area contributed by atoms with Crippen LogP contribution in [-0.2, 0) is 9.59 Å². The number of carboxylic acids is 1. The number of hydrogen-bond acceptors (Lipinski definition) is 7. The fourth-order valence-corrected chi connectivity index (χ4v) is 6.90. The molecular weight excluding hydrogens is 507 g/mol. The van der Waals surface area contributed by atoms with Crippen molar-refractivity contribution in [1.82, 2.24) is 4.90 Å². The molecule has 5 nitrogen and oxygen atoms in total. The van der Waals surface area contributed by atoms with E-state index in [9.17, 15) is 14.7 Å². The molecule has 0 spiro atoms. The first-order valence-electron chi connectivity index (χ1n) is 11.3. The van der Waals surface area contributed by atoms with E-state index in [0.29, 0.717) is 9.23 Å². The van der Waals surface area contributed by atoms with Crippen molar-refractivity contribution in [2.75, 3.05) is 18.0 Å². The first-order chi connectivity index (χ1) is 16.2. The first-order valence-corrected chi connectivity index (χ1v) is 13.3. The van der Waals surface area contributed by atoms with E-state index in [-0.39, 0.29) is 53.8 Å². The molecule has 1 fully saturated rings. The molecule has 1 aromatic carbocycles. The first kappa shape index (κ1) is 28.3.